The first-order valence-corrected chi connectivity index (χ1v) is 14.5. The summed E-state index contributed by atoms with van der Waals surface area (Å²) in [5, 5.41) is 0.107. The van der Waals surface area contributed by atoms with Crippen LogP contribution in [0.1, 0.15) is 51.3 Å². The van der Waals surface area contributed by atoms with Gasteiger partial charge in [-0.05, 0) is 38.1 Å². The molecule has 0 radical (unpaired) electrons. The molecule has 7 nitrogen and oxygen atoms in total. The molecule has 34 heavy (non-hydrogen) atoms. The van der Waals surface area contributed by atoms with E-state index in [2.05, 4.69) is 46.9 Å². The molecule has 1 aliphatic heterocycles. The van der Waals surface area contributed by atoms with Gasteiger partial charge < -0.3 is 28.1 Å². The molecule has 0 aromatic heterocycles. The molecule has 0 N–H and O–H groups in total. The van der Waals surface area contributed by atoms with Crippen molar-refractivity contribution in [2.45, 2.75) is 72.2 Å². The van der Waals surface area contributed by atoms with Gasteiger partial charge in [-0.15, -0.1) is 0 Å². The summed E-state index contributed by atoms with van der Waals surface area (Å²) >= 11 is 0. The summed E-state index contributed by atoms with van der Waals surface area (Å²) in [5.74, 6) is 1.78. The van der Waals surface area contributed by atoms with Gasteiger partial charge in [-0.25, -0.2) is 0 Å². The molecule has 0 spiro atoms. The summed E-state index contributed by atoms with van der Waals surface area (Å²) in [6, 6.07) is 0. The predicted octanol–water partition coefficient (Wildman–Crippen LogP) is 5.52. The Morgan fingerprint density at radius 3 is 2.09 bits per heavy atom. The van der Waals surface area contributed by atoms with Crippen LogP contribution in [0.2, 0.25) is 18.1 Å². The number of ether oxygens (including phenoxy) is 5. The van der Waals surface area contributed by atoms with Gasteiger partial charge >= 0.3 is 5.97 Å². The topological polar surface area (TPSA) is 72.5 Å². The van der Waals surface area contributed by atoms with Crippen molar-refractivity contribution in [1.29, 1.82) is 0 Å². The zero-order chi connectivity index (χ0) is 26.1. The van der Waals surface area contributed by atoms with E-state index in [4.69, 9.17) is 28.1 Å². The van der Waals surface area contributed by atoms with Crippen molar-refractivity contribution in [2.24, 2.45) is 5.41 Å². The third-order valence-corrected chi connectivity index (χ3v) is 11.8. The van der Waals surface area contributed by atoms with Crippen molar-refractivity contribution in [3.05, 3.63) is 22.8 Å². The summed E-state index contributed by atoms with van der Waals surface area (Å²) in [5.41, 5.74) is 1.67. The standard InChI is InChI=1S/C26H42O7Si/c1-16-22(29-8)21(18(13-20(27)28-7)24(31-10)23(16)30-9)19-14-26(6,17(2)33-19)15-32-34(11,12)25(3,4)5/h14,17H,13,15H2,1-12H3/t17-,26+/m1/s1. The van der Waals surface area contributed by atoms with Crippen LogP contribution in [0.4, 0.5) is 0 Å². The average molecular weight is 495 g/mol. The van der Waals surface area contributed by atoms with Crippen LogP contribution in [0.3, 0.4) is 0 Å². The molecule has 0 fully saturated rings. The van der Waals surface area contributed by atoms with Crippen molar-refractivity contribution in [1.82, 2.24) is 0 Å². The van der Waals surface area contributed by atoms with E-state index in [1.54, 1.807) is 21.3 Å². The number of esters is 1. The Balaban J connectivity index is 2.67. The van der Waals surface area contributed by atoms with E-state index in [1.165, 1.54) is 7.11 Å². The van der Waals surface area contributed by atoms with Crippen LogP contribution in [0, 0.1) is 12.3 Å². The van der Waals surface area contributed by atoms with Crippen LogP contribution in [-0.2, 0) is 25.1 Å². The highest BCUT2D eigenvalue weighted by atomic mass is 28.4. The van der Waals surface area contributed by atoms with Crippen molar-refractivity contribution < 1.29 is 32.9 Å². The van der Waals surface area contributed by atoms with Crippen molar-refractivity contribution >= 4 is 20.0 Å². The molecular weight excluding hydrogens is 452 g/mol. The van der Waals surface area contributed by atoms with E-state index in [0.717, 1.165) is 5.56 Å². The monoisotopic (exact) mass is 494 g/mol. The van der Waals surface area contributed by atoms with Crippen LogP contribution < -0.4 is 14.2 Å². The number of rotatable bonds is 9. The summed E-state index contributed by atoms with van der Waals surface area (Å²) in [6.07, 6.45) is 1.93. The second-order valence-electron chi connectivity index (χ2n) is 10.7. The molecule has 2 rings (SSSR count). The van der Waals surface area contributed by atoms with Gasteiger partial charge in [0.1, 0.15) is 17.6 Å². The van der Waals surface area contributed by atoms with E-state index in [1.807, 2.05) is 13.8 Å². The van der Waals surface area contributed by atoms with Gasteiger partial charge in [0.2, 0.25) is 0 Å². The highest BCUT2D eigenvalue weighted by Crippen LogP contribution is 2.50. The number of hydrogen-bond acceptors (Lipinski definition) is 7. The smallest absolute Gasteiger partial charge is 0.310 e. The minimum absolute atomic E-state index is 0.0196. The number of benzene rings is 1. The second-order valence-corrected chi connectivity index (χ2v) is 15.5. The molecule has 0 saturated carbocycles. The van der Waals surface area contributed by atoms with Crippen LogP contribution in [-0.4, -0.2) is 55.4 Å². The summed E-state index contributed by atoms with van der Waals surface area (Å²) < 4.78 is 35.1. The lowest BCUT2D eigenvalue weighted by Gasteiger charge is -2.39. The van der Waals surface area contributed by atoms with Gasteiger partial charge in [0.25, 0.3) is 0 Å². The summed E-state index contributed by atoms with van der Waals surface area (Å²) in [6.45, 7) is 17.8. The molecule has 0 saturated heterocycles. The summed E-state index contributed by atoms with van der Waals surface area (Å²) in [7, 11) is 4.13. The molecule has 1 aliphatic rings. The molecule has 192 valence electrons. The molecule has 2 atom stereocenters. The van der Waals surface area contributed by atoms with E-state index < -0.39 is 14.3 Å². The fraction of sp³-hybridized carbons (Fsp3) is 0.654. The lowest BCUT2D eigenvalue weighted by Crippen LogP contribution is -2.44. The fourth-order valence-electron chi connectivity index (χ4n) is 3.83. The molecule has 1 heterocycles. The molecule has 8 heteroatoms. The normalized spacial score (nSPS) is 20.5. The Kier molecular flexibility index (Phi) is 8.41. The predicted molar refractivity (Wildman–Crippen MR) is 136 cm³/mol. The first-order chi connectivity index (χ1) is 15.7. The maximum atomic E-state index is 12.4. The lowest BCUT2D eigenvalue weighted by molar-refractivity contribution is -0.139. The van der Waals surface area contributed by atoms with Crippen molar-refractivity contribution in [2.75, 3.05) is 35.0 Å². The van der Waals surface area contributed by atoms with Crippen LogP contribution in [0.15, 0.2) is 6.08 Å². The Hall–Kier alpha value is -2.19. The van der Waals surface area contributed by atoms with Crippen LogP contribution in [0.5, 0.6) is 17.2 Å². The molecule has 0 amide bonds. The SMILES string of the molecule is COC(=O)Cc1c(OC)c(OC)c(C)c(OC)c1C1=C[C@@](C)(CO[Si](C)(C)C(C)(C)C)[C@@H](C)O1. The maximum absolute atomic E-state index is 12.4. The Morgan fingerprint density at radius 1 is 1.06 bits per heavy atom. The minimum atomic E-state index is -1.95. The summed E-state index contributed by atoms with van der Waals surface area (Å²) in [4.78, 5) is 12.4. The van der Waals surface area contributed by atoms with Gasteiger partial charge in [0.05, 0.1) is 40.4 Å². The lowest BCUT2D eigenvalue weighted by atomic mass is 9.86. The fourth-order valence-corrected chi connectivity index (χ4v) is 4.93. The molecule has 1 aromatic carbocycles. The third-order valence-electron chi connectivity index (χ3n) is 7.34. The number of methoxy groups -OCH3 is 4. The van der Waals surface area contributed by atoms with Crippen LogP contribution >= 0.6 is 0 Å². The zero-order valence-electron chi connectivity index (χ0n) is 22.9. The molecule has 0 bridgehead atoms. The number of carbonyl (C=O) groups excluding carboxylic acids is 1. The molecule has 0 aliphatic carbocycles. The average Bonchev–Trinajstić information content (AvgIpc) is 3.05. The molecule has 1 aromatic rings. The zero-order valence-corrected chi connectivity index (χ0v) is 23.9. The molecule has 0 unspecified atom stereocenters. The molecular formula is C26H42O7Si. The minimum Gasteiger partial charge on any atom is -0.496 e. The second kappa shape index (κ2) is 10.2. The maximum Gasteiger partial charge on any atom is 0.310 e. The first kappa shape index (κ1) is 28.0. The van der Waals surface area contributed by atoms with Crippen molar-refractivity contribution in [3.63, 3.8) is 0 Å². The Labute approximate surface area is 205 Å². The quantitative estimate of drug-likeness (QED) is 0.330. The first-order valence-electron chi connectivity index (χ1n) is 11.6. The van der Waals surface area contributed by atoms with Gasteiger partial charge in [0, 0.05) is 23.1 Å². The van der Waals surface area contributed by atoms with Gasteiger partial charge in [0.15, 0.2) is 19.8 Å². The Morgan fingerprint density at radius 2 is 1.62 bits per heavy atom. The largest absolute Gasteiger partial charge is 0.496 e. The van der Waals surface area contributed by atoms with Crippen molar-refractivity contribution in [3.8, 4) is 17.2 Å². The number of hydrogen-bond donors (Lipinski definition) is 0. The highest BCUT2D eigenvalue weighted by Gasteiger charge is 2.44. The van der Waals surface area contributed by atoms with E-state index >= 15 is 0 Å². The number of carbonyl (C=O) groups is 1. The highest BCUT2D eigenvalue weighted by molar-refractivity contribution is 6.74. The van der Waals surface area contributed by atoms with Crippen LogP contribution in [0.25, 0.3) is 5.76 Å². The van der Waals surface area contributed by atoms with Gasteiger partial charge in [-0.3, -0.25) is 4.79 Å². The van der Waals surface area contributed by atoms with E-state index in [9.17, 15) is 4.79 Å². The third kappa shape index (κ3) is 5.22. The van der Waals surface area contributed by atoms with E-state index in [-0.39, 0.29) is 23.0 Å². The Bertz CT molecular complexity index is 946. The van der Waals surface area contributed by atoms with Gasteiger partial charge in [-0.2, -0.15) is 0 Å². The van der Waals surface area contributed by atoms with E-state index in [0.29, 0.717) is 40.7 Å². The van der Waals surface area contributed by atoms with Gasteiger partial charge in [-0.1, -0.05) is 27.7 Å².